The molecule has 0 aromatic carbocycles. The molecule has 0 spiro atoms. The van der Waals surface area contributed by atoms with Gasteiger partial charge in [-0.3, -0.25) is 4.79 Å². The molecule has 9 rings (SSSR count). The van der Waals surface area contributed by atoms with Crippen molar-refractivity contribution in [1.82, 2.24) is 0 Å². The van der Waals surface area contributed by atoms with E-state index in [4.69, 9.17) is 33.2 Å². The molecule has 10 N–H and O–H groups in total. The minimum absolute atomic E-state index is 0.0915. The van der Waals surface area contributed by atoms with Gasteiger partial charge in [-0.2, -0.15) is 0 Å². The maximum atomic E-state index is 13.2. The Labute approximate surface area is 394 Å². The fraction of sp³-hybridized carbons (Fsp3) is 0.896. The van der Waals surface area contributed by atoms with Crippen LogP contribution in [0.4, 0.5) is 0 Å². The fourth-order valence-corrected chi connectivity index (χ4v) is 15.5. The van der Waals surface area contributed by atoms with E-state index in [0.29, 0.717) is 19.3 Å². The second-order valence-corrected chi connectivity index (χ2v) is 23.4. The molecule has 0 radical (unpaired) electrons. The van der Waals surface area contributed by atoms with Crippen molar-refractivity contribution in [3.63, 3.8) is 0 Å². The topological polar surface area (TPSA) is 318 Å². The summed E-state index contributed by atoms with van der Waals surface area (Å²) in [5.74, 6) is -3.22. The number of carboxylic acid groups (broad SMARTS) is 2. The van der Waals surface area contributed by atoms with Gasteiger partial charge in [0.1, 0.15) is 61.0 Å². The van der Waals surface area contributed by atoms with Crippen LogP contribution < -0.4 is 0 Å². The molecule has 26 unspecified atom stereocenters. The van der Waals surface area contributed by atoms with E-state index < -0.39 is 121 Å². The van der Waals surface area contributed by atoms with Crippen LogP contribution in [-0.4, -0.2) is 180 Å². The Morgan fingerprint density at radius 3 is 1.84 bits per heavy atom. The SMILES string of the molecule is CC1OC(OC2C(OC3C(OC4CCC5(C)C(CCC6(C)C5CC=C5C7CC8(C)CC(OC8=O)C7(C)CCC56C)C4(C)CO)OC(C(=O)O)C(O)C3O)OC(C(=O)O)C(O)C2O)C(O)C(O)C1O. The van der Waals surface area contributed by atoms with Gasteiger partial charge in [0.2, 0.25) is 0 Å². The largest absolute Gasteiger partial charge is 0.479 e. The molecule has 0 aromatic rings. The van der Waals surface area contributed by atoms with Crippen LogP contribution in [0.3, 0.4) is 0 Å². The highest BCUT2D eigenvalue weighted by molar-refractivity contribution is 5.79. The lowest BCUT2D eigenvalue weighted by Gasteiger charge is -2.71. The number of carbonyl (C=O) groups is 3. The maximum absolute atomic E-state index is 13.2. The highest BCUT2D eigenvalue weighted by Gasteiger charge is 2.72. The molecule has 0 aromatic heterocycles. The number of rotatable bonds is 9. The van der Waals surface area contributed by atoms with Gasteiger partial charge in [-0.05, 0) is 99.2 Å². The normalized spacial score (nSPS) is 56.5. The predicted octanol–water partition coefficient (Wildman–Crippen LogP) is 0.342. The zero-order valence-corrected chi connectivity index (χ0v) is 39.8. The third-order valence-electron chi connectivity index (χ3n) is 20.0. The van der Waals surface area contributed by atoms with Gasteiger partial charge in [0.05, 0.1) is 24.2 Å². The van der Waals surface area contributed by atoms with E-state index in [0.717, 1.165) is 38.5 Å². The number of aliphatic hydroxyl groups is 8. The second kappa shape index (κ2) is 17.1. The van der Waals surface area contributed by atoms with E-state index in [1.807, 2.05) is 13.8 Å². The lowest BCUT2D eigenvalue weighted by Crippen LogP contribution is -2.68. The first kappa shape index (κ1) is 50.5. The summed E-state index contributed by atoms with van der Waals surface area (Å²) in [6.45, 7) is 14.4. The highest BCUT2D eigenvalue weighted by atomic mass is 16.8. The third-order valence-corrected chi connectivity index (χ3v) is 20.0. The zero-order valence-electron chi connectivity index (χ0n) is 39.8. The molecule has 4 aliphatic heterocycles. The van der Waals surface area contributed by atoms with Gasteiger partial charge in [0.15, 0.2) is 31.1 Å². The Morgan fingerprint density at radius 2 is 1.25 bits per heavy atom. The summed E-state index contributed by atoms with van der Waals surface area (Å²) in [5, 5.41) is 108. The van der Waals surface area contributed by atoms with Crippen molar-refractivity contribution in [3.05, 3.63) is 11.6 Å². The quantitative estimate of drug-likeness (QED) is 0.0846. The van der Waals surface area contributed by atoms with Crippen molar-refractivity contribution in [2.45, 2.75) is 211 Å². The van der Waals surface area contributed by atoms with E-state index >= 15 is 0 Å². The van der Waals surface area contributed by atoms with Gasteiger partial charge >= 0.3 is 17.9 Å². The first-order valence-electron chi connectivity index (χ1n) is 24.4. The van der Waals surface area contributed by atoms with Crippen molar-refractivity contribution < 1.29 is 98.6 Å². The molecule has 0 amide bonds. The highest BCUT2D eigenvalue weighted by Crippen LogP contribution is 2.76. The monoisotopic (exact) mass is 968 g/mol. The first-order chi connectivity index (χ1) is 31.7. The Balaban J connectivity index is 1.000. The van der Waals surface area contributed by atoms with Crippen molar-refractivity contribution >= 4 is 17.9 Å². The molecule has 4 heterocycles. The van der Waals surface area contributed by atoms with Crippen molar-refractivity contribution in [1.29, 1.82) is 0 Å². The van der Waals surface area contributed by atoms with Crippen LogP contribution in [0.25, 0.3) is 0 Å². The molecule has 9 aliphatic rings. The minimum atomic E-state index is -2.16. The van der Waals surface area contributed by atoms with Crippen LogP contribution >= 0.6 is 0 Å². The summed E-state index contributed by atoms with van der Waals surface area (Å²) < 4.78 is 41.7. The molecule has 4 saturated heterocycles. The smallest absolute Gasteiger partial charge is 0.335 e. The molecule has 4 saturated carbocycles. The van der Waals surface area contributed by atoms with Crippen LogP contribution in [-0.2, 0) is 47.5 Å². The van der Waals surface area contributed by atoms with Crippen molar-refractivity contribution in [2.75, 3.05) is 6.61 Å². The first-order valence-corrected chi connectivity index (χ1v) is 24.4. The molecule has 384 valence electrons. The summed E-state index contributed by atoms with van der Waals surface area (Å²) >= 11 is 0. The second-order valence-electron chi connectivity index (χ2n) is 23.4. The van der Waals surface area contributed by atoms with E-state index in [9.17, 15) is 65.4 Å². The number of esters is 1. The van der Waals surface area contributed by atoms with Gasteiger partial charge < -0.3 is 84.2 Å². The van der Waals surface area contributed by atoms with Gasteiger partial charge in [-0.1, -0.05) is 46.3 Å². The number of carboxylic acids is 2. The third kappa shape index (κ3) is 7.23. The number of aliphatic carboxylic acids is 2. The predicted molar refractivity (Wildman–Crippen MR) is 229 cm³/mol. The van der Waals surface area contributed by atoms with Crippen LogP contribution in [0.2, 0.25) is 0 Å². The maximum Gasteiger partial charge on any atom is 0.335 e. The molecule has 8 fully saturated rings. The Hall–Kier alpha value is -2.41. The summed E-state index contributed by atoms with van der Waals surface area (Å²) in [5.41, 5.74) is -0.840. The number of fused-ring (bicyclic) bond motifs is 10. The Kier molecular flexibility index (Phi) is 12.7. The van der Waals surface area contributed by atoms with Crippen LogP contribution in [0.5, 0.6) is 0 Å². The molecular weight excluding hydrogens is 897 g/mol. The summed E-state index contributed by atoms with van der Waals surface area (Å²) in [4.78, 5) is 37.9. The van der Waals surface area contributed by atoms with Crippen molar-refractivity contribution in [2.24, 2.45) is 50.2 Å². The molecule has 26 atom stereocenters. The molecule has 20 heteroatoms. The standard InChI is InChI=1S/C48H72O20/c1-19-26(50)27(51)32(56)39(62-19)67-36-31(55)29(53)34(38(59)60)66-41(36)68-35-30(54)28(52)33(37(57)58)65-40(35)63-24-11-12-45(4)22(46(24,5)18-49)10-13-48(7)23(45)9-8-20-21-16-43(2)17-25(64-42(43)61)44(21,3)14-15-47(20,48)6/h8,19,21-36,39-41,49-56H,9-18H2,1-7H3,(H,57,58)(H,59,60). The molecule has 20 nitrogen and oxygen atoms in total. The van der Waals surface area contributed by atoms with Gasteiger partial charge in [-0.25, -0.2) is 9.59 Å². The van der Waals surface area contributed by atoms with E-state index in [1.54, 1.807) is 0 Å². The number of allylic oxidation sites excluding steroid dienone is 2. The molecule has 2 bridgehead atoms. The summed E-state index contributed by atoms with van der Waals surface area (Å²) in [7, 11) is 0. The Bertz CT molecular complexity index is 2020. The van der Waals surface area contributed by atoms with Gasteiger partial charge in [0.25, 0.3) is 0 Å². The fourth-order valence-electron chi connectivity index (χ4n) is 15.5. The van der Waals surface area contributed by atoms with Crippen molar-refractivity contribution in [3.8, 4) is 0 Å². The molecule has 68 heavy (non-hydrogen) atoms. The lowest BCUT2D eigenvalue weighted by molar-refractivity contribution is -0.393. The van der Waals surface area contributed by atoms with Crippen LogP contribution in [0.15, 0.2) is 11.6 Å². The van der Waals surface area contributed by atoms with Gasteiger partial charge in [-0.15, -0.1) is 0 Å². The number of ether oxygens (including phenoxy) is 7. The lowest BCUT2D eigenvalue weighted by atomic mass is 9.33. The van der Waals surface area contributed by atoms with E-state index in [1.165, 1.54) is 12.5 Å². The van der Waals surface area contributed by atoms with Crippen LogP contribution in [0, 0.1) is 50.2 Å². The van der Waals surface area contributed by atoms with E-state index in [2.05, 4.69) is 33.8 Å². The molecule has 5 aliphatic carbocycles. The summed E-state index contributed by atoms with van der Waals surface area (Å²) in [6, 6.07) is 0. The zero-order chi connectivity index (χ0) is 49.6. The number of hydrogen-bond acceptors (Lipinski definition) is 18. The molecular formula is C48H72O20. The van der Waals surface area contributed by atoms with Crippen LogP contribution in [0.1, 0.15) is 106 Å². The number of carbonyl (C=O) groups excluding carboxylic acids is 1. The van der Waals surface area contributed by atoms with E-state index in [-0.39, 0.29) is 58.1 Å². The number of aliphatic hydroxyl groups excluding tert-OH is 8. The minimum Gasteiger partial charge on any atom is -0.479 e. The summed E-state index contributed by atoms with van der Waals surface area (Å²) in [6.07, 6.45) is -20.6. The average molecular weight is 969 g/mol. The number of hydrogen-bond donors (Lipinski definition) is 10. The Morgan fingerprint density at radius 1 is 0.662 bits per heavy atom. The van der Waals surface area contributed by atoms with Gasteiger partial charge in [0, 0.05) is 17.3 Å². The average Bonchev–Trinajstić information content (AvgIpc) is 3.55.